The van der Waals surface area contributed by atoms with Gasteiger partial charge in [0.05, 0.1) is 7.11 Å². The number of piperidine rings is 1. The van der Waals surface area contributed by atoms with Crippen molar-refractivity contribution in [2.24, 2.45) is 0 Å². The predicted molar refractivity (Wildman–Crippen MR) is 94.5 cm³/mol. The molecule has 1 atom stereocenters. The molecule has 0 spiro atoms. The van der Waals surface area contributed by atoms with Crippen LogP contribution in [0.4, 0.5) is 5.69 Å². The van der Waals surface area contributed by atoms with Crippen LogP contribution in [0.25, 0.3) is 0 Å². The molecule has 1 unspecified atom stereocenters. The summed E-state index contributed by atoms with van der Waals surface area (Å²) in [6.07, 6.45) is 5.68. The highest BCUT2D eigenvalue weighted by atomic mass is 16.5. The largest absolute Gasteiger partial charge is 0.497 e. The lowest BCUT2D eigenvalue weighted by molar-refractivity contribution is -0.121. The summed E-state index contributed by atoms with van der Waals surface area (Å²) in [4.78, 5) is 31.1. The number of hydrogen-bond acceptors (Lipinski definition) is 4. The van der Waals surface area contributed by atoms with Gasteiger partial charge in [-0.1, -0.05) is 0 Å². The molecule has 2 aromatic rings. The van der Waals surface area contributed by atoms with Crippen LogP contribution in [0, 0.1) is 0 Å². The van der Waals surface area contributed by atoms with E-state index >= 15 is 0 Å². The summed E-state index contributed by atoms with van der Waals surface area (Å²) >= 11 is 0. The number of benzene rings is 1. The Morgan fingerprint density at radius 2 is 1.84 bits per heavy atom. The zero-order valence-corrected chi connectivity index (χ0v) is 14.1. The zero-order valence-electron chi connectivity index (χ0n) is 14.1. The van der Waals surface area contributed by atoms with E-state index in [0.29, 0.717) is 24.2 Å². The normalized spacial score (nSPS) is 17.0. The average Bonchev–Trinajstić information content (AvgIpc) is 2.68. The molecule has 0 bridgehead atoms. The van der Waals surface area contributed by atoms with Gasteiger partial charge >= 0.3 is 0 Å². The number of likely N-dealkylation sites (tertiary alicyclic amines) is 1. The van der Waals surface area contributed by atoms with E-state index in [0.717, 1.165) is 18.6 Å². The fraction of sp³-hybridized carbons (Fsp3) is 0.316. The van der Waals surface area contributed by atoms with Crippen molar-refractivity contribution in [2.45, 2.75) is 25.3 Å². The molecule has 1 saturated heterocycles. The van der Waals surface area contributed by atoms with E-state index in [1.807, 2.05) is 0 Å². The Labute approximate surface area is 146 Å². The van der Waals surface area contributed by atoms with Crippen molar-refractivity contribution in [3.05, 3.63) is 54.4 Å². The van der Waals surface area contributed by atoms with E-state index in [1.165, 1.54) is 0 Å². The highest BCUT2D eigenvalue weighted by molar-refractivity contribution is 6.01. The second kappa shape index (κ2) is 7.79. The third-order valence-electron chi connectivity index (χ3n) is 4.35. The molecule has 3 rings (SSSR count). The molecule has 0 aliphatic carbocycles. The van der Waals surface area contributed by atoms with Crippen molar-refractivity contribution in [2.75, 3.05) is 19.0 Å². The van der Waals surface area contributed by atoms with Gasteiger partial charge in [0.1, 0.15) is 11.8 Å². The number of hydrogen-bond donors (Lipinski definition) is 1. The van der Waals surface area contributed by atoms with Gasteiger partial charge < -0.3 is 15.0 Å². The average molecular weight is 339 g/mol. The van der Waals surface area contributed by atoms with Gasteiger partial charge in [0.15, 0.2) is 0 Å². The molecule has 6 heteroatoms. The fourth-order valence-electron chi connectivity index (χ4n) is 3.01. The van der Waals surface area contributed by atoms with Crippen LogP contribution in [-0.4, -0.2) is 41.4 Å². The molecule has 1 N–H and O–H groups in total. The van der Waals surface area contributed by atoms with Gasteiger partial charge in [-0.15, -0.1) is 0 Å². The number of anilines is 1. The Hall–Kier alpha value is -2.89. The Bertz CT molecular complexity index is 731. The van der Waals surface area contributed by atoms with E-state index < -0.39 is 6.04 Å². The second-order valence-corrected chi connectivity index (χ2v) is 5.96. The van der Waals surface area contributed by atoms with Crippen molar-refractivity contribution >= 4 is 17.5 Å². The van der Waals surface area contributed by atoms with E-state index in [-0.39, 0.29) is 11.8 Å². The summed E-state index contributed by atoms with van der Waals surface area (Å²) in [5.74, 6) is 0.439. The fourth-order valence-corrected chi connectivity index (χ4v) is 3.01. The minimum Gasteiger partial charge on any atom is -0.497 e. The summed E-state index contributed by atoms with van der Waals surface area (Å²) in [6.45, 7) is 0.585. The number of amides is 2. The molecule has 2 amide bonds. The molecule has 2 heterocycles. The number of nitrogens with zero attached hydrogens (tertiary/aromatic N) is 2. The highest BCUT2D eigenvalue weighted by Gasteiger charge is 2.32. The molecule has 1 aromatic carbocycles. The molecule has 0 saturated carbocycles. The van der Waals surface area contributed by atoms with Crippen molar-refractivity contribution in [1.29, 1.82) is 0 Å². The molecule has 1 fully saturated rings. The molecule has 0 radical (unpaired) electrons. The van der Waals surface area contributed by atoms with Crippen molar-refractivity contribution in [3.63, 3.8) is 0 Å². The lowest BCUT2D eigenvalue weighted by atomic mass is 10.00. The molecular formula is C19H21N3O3. The molecule has 1 aliphatic rings. The minimum atomic E-state index is -0.462. The van der Waals surface area contributed by atoms with Gasteiger partial charge in [-0.05, 0) is 55.7 Å². The van der Waals surface area contributed by atoms with Gasteiger partial charge in [-0.25, -0.2) is 0 Å². The number of ether oxygens (including phenoxy) is 1. The van der Waals surface area contributed by atoms with Crippen LogP contribution in [0.1, 0.15) is 29.6 Å². The quantitative estimate of drug-likeness (QED) is 0.930. The summed E-state index contributed by atoms with van der Waals surface area (Å²) in [7, 11) is 1.60. The maximum Gasteiger partial charge on any atom is 0.254 e. The van der Waals surface area contributed by atoms with E-state index in [9.17, 15) is 9.59 Å². The second-order valence-electron chi connectivity index (χ2n) is 5.96. The zero-order chi connectivity index (χ0) is 17.6. The van der Waals surface area contributed by atoms with Crippen LogP contribution >= 0.6 is 0 Å². The van der Waals surface area contributed by atoms with Crippen molar-refractivity contribution < 1.29 is 14.3 Å². The van der Waals surface area contributed by atoms with Crippen LogP contribution in [0.2, 0.25) is 0 Å². The van der Waals surface area contributed by atoms with Crippen molar-refractivity contribution in [3.8, 4) is 5.75 Å². The van der Waals surface area contributed by atoms with Crippen LogP contribution in [-0.2, 0) is 4.79 Å². The number of aromatic nitrogens is 1. The highest BCUT2D eigenvalue weighted by Crippen LogP contribution is 2.22. The monoisotopic (exact) mass is 339 g/mol. The van der Waals surface area contributed by atoms with Gasteiger partial charge in [0.25, 0.3) is 5.91 Å². The number of pyridine rings is 1. The summed E-state index contributed by atoms with van der Waals surface area (Å²) in [5.41, 5.74) is 1.24. The first kappa shape index (κ1) is 17.0. The molecule has 1 aromatic heterocycles. The first-order chi connectivity index (χ1) is 12.2. The maximum atomic E-state index is 12.8. The van der Waals surface area contributed by atoms with Crippen LogP contribution in [0.5, 0.6) is 5.75 Å². The Morgan fingerprint density at radius 3 is 2.52 bits per heavy atom. The Morgan fingerprint density at radius 1 is 1.12 bits per heavy atom. The number of rotatable bonds is 4. The summed E-state index contributed by atoms with van der Waals surface area (Å²) < 4.78 is 5.12. The Kier molecular flexibility index (Phi) is 5.28. The molecule has 25 heavy (non-hydrogen) atoms. The standard InChI is InChI=1S/C19H21N3O3/c1-25-16-7-5-15(6-8-16)21-18(23)17-4-2-3-13-22(17)19(24)14-9-11-20-12-10-14/h5-12,17H,2-4,13H2,1H3,(H,21,23). The molecule has 1 aliphatic heterocycles. The van der Waals surface area contributed by atoms with Crippen LogP contribution in [0.3, 0.4) is 0 Å². The third-order valence-corrected chi connectivity index (χ3v) is 4.35. The lowest BCUT2D eigenvalue weighted by Crippen LogP contribution is -2.50. The first-order valence-electron chi connectivity index (χ1n) is 8.35. The number of nitrogens with one attached hydrogen (secondary N) is 1. The van der Waals surface area contributed by atoms with Crippen LogP contribution in [0.15, 0.2) is 48.8 Å². The van der Waals surface area contributed by atoms with Crippen molar-refractivity contribution in [1.82, 2.24) is 9.88 Å². The van der Waals surface area contributed by atoms with Gasteiger partial charge in [-0.3, -0.25) is 14.6 Å². The van der Waals surface area contributed by atoms with E-state index in [1.54, 1.807) is 60.8 Å². The predicted octanol–water partition coefficient (Wildman–Crippen LogP) is 2.72. The summed E-state index contributed by atoms with van der Waals surface area (Å²) in [5, 5.41) is 2.90. The van der Waals surface area contributed by atoms with Gasteiger partial charge in [0.2, 0.25) is 5.91 Å². The molecule has 6 nitrogen and oxygen atoms in total. The lowest BCUT2D eigenvalue weighted by Gasteiger charge is -2.34. The Balaban J connectivity index is 1.73. The smallest absolute Gasteiger partial charge is 0.254 e. The van der Waals surface area contributed by atoms with E-state index in [2.05, 4.69) is 10.3 Å². The van der Waals surface area contributed by atoms with Gasteiger partial charge in [-0.2, -0.15) is 0 Å². The molecule has 130 valence electrons. The number of carbonyl (C=O) groups excluding carboxylic acids is 2. The number of carbonyl (C=O) groups is 2. The first-order valence-corrected chi connectivity index (χ1v) is 8.35. The minimum absolute atomic E-state index is 0.128. The molecular weight excluding hydrogens is 318 g/mol. The SMILES string of the molecule is COc1ccc(NC(=O)C2CCCCN2C(=O)c2ccncc2)cc1. The maximum absolute atomic E-state index is 12.8. The van der Waals surface area contributed by atoms with Gasteiger partial charge in [0, 0.05) is 30.2 Å². The van der Waals surface area contributed by atoms with E-state index in [4.69, 9.17) is 4.74 Å². The third kappa shape index (κ3) is 3.96. The number of methoxy groups -OCH3 is 1. The topological polar surface area (TPSA) is 71.5 Å². The van der Waals surface area contributed by atoms with Crippen LogP contribution < -0.4 is 10.1 Å². The summed E-state index contributed by atoms with van der Waals surface area (Å²) in [6, 6.07) is 10.0.